The van der Waals surface area contributed by atoms with Gasteiger partial charge >= 0.3 is 18.1 Å². The number of carbonyl (C=O) groups excluding carboxylic acids is 2. The smallest absolute Gasteiger partial charge is 0.407 e. The largest absolute Gasteiger partial charge is 0.481 e. The fourth-order valence-corrected chi connectivity index (χ4v) is 2.02. The molecule has 3 amide bonds. The first-order valence-corrected chi connectivity index (χ1v) is 6.93. The van der Waals surface area contributed by atoms with Crippen LogP contribution in [-0.2, 0) is 9.53 Å². The van der Waals surface area contributed by atoms with E-state index >= 15 is 0 Å². The van der Waals surface area contributed by atoms with Gasteiger partial charge in [0, 0.05) is 19.6 Å². The number of alkyl carbamates (subject to hydrolysis) is 1. The third kappa shape index (κ3) is 4.51. The molecule has 1 aliphatic heterocycles. The Bertz CT molecular complexity index is 415. The number of likely N-dealkylation sites (tertiary alicyclic amines) is 1. The predicted octanol–water partition coefficient (Wildman–Crippen LogP) is 0.627. The maximum atomic E-state index is 12.0. The highest BCUT2D eigenvalue weighted by Crippen LogP contribution is 2.20. The lowest BCUT2D eigenvalue weighted by molar-refractivity contribution is -0.147. The van der Waals surface area contributed by atoms with Crippen LogP contribution in [0.3, 0.4) is 0 Å². The summed E-state index contributed by atoms with van der Waals surface area (Å²) in [7, 11) is 1.28. The van der Waals surface area contributed by atoms with E-state index in [0.29, 0.717) is 25.9 Å². The third-order valence-corrected chi connectivity index (χ3v) is 3.91. The third-order valence-electron chi connectivity index (χ3n) is 3.91. The number of ether oxygens (including phenoxy) is 1. The van der Waals surface area contributed by atoms with Gasteiger partial charge in [-0.15, -0.1) is 0 Å². The topological polar surface area (TPSA) is 108 Å². The van der Waals surface area contributed by atoms with Gasteiger partial charge in [-0.25, -0.2) is 9.59 Å². The van der Waals surface area contributed by atoms with Crippen LogP contribution in [0.25, 0.3) is 0 Å². The molecule has 21 heavy (non-hydrogen) atoms. The standard InChI is InChI=1S/C13H23N3O5/c1-4-13(2,10(17)18)8-14-11(19)16-6-5-9(7-16)15-12(20)21-3/h9H,4-8H2,1-3H3,(H,14,19)(H,15,20)(H,17,18). The van der Waals surface area contributed by atoms with E-state index < -0.39 is 17.5 Å². The van der Waals surface area contributed by atoms with Gasteiger partial charge in [0.1, 0.15) is 0 Å². The lowest BCUT2D eigenvalue weighted by atomic mass is 9.88. The molecule has 1 rings (SSSR count). The first-order chi connectivity index (χ1) is 9.82. The summed E-state index contributed by atoms with van der Waals surface area (Å²) in [6, 6.07) is -0.453. The summed E-state index contributed by atoms with van der Waals surface area (Å²) in [4.78, 5) is 35.8. The van der Waals surface area contributed by atoms with Crippen LogP contribution >= 0.6 is 0 Å². The van der Waals surface area contributed by atoms with Crippen molar-refractivity contribution in [3.05, 3.63) is 0 Å². The van der Waals surface area contributed by atoms with Crippen molar-refractivity contribution >= 4 is 18.1 Å². The molecule has 1 aliphatic rings. The van der Waals surface area contributed by atoms with Crippen LogP contribution in [0.15, 0.2) is 0 Å². The molecule has 0 aliphatic carbocycles. The normalized spacial score (nSPS) is 20.5. The fourth-order valence-electron chi connectivity index (χ4n) is 2.02. The SMILES string of the molecule is CCC(C)(CNC(=O)N1CCC(NC(=O)OC)C1)C(=O)O. The van der Waals surface area contributed by atoms with Crippen LogP contribution in [0.5, 0.6) is 0 Å². The molecule has 0 bridgehead atoms. The van der Waals surface area contributed by atoms with E-state index in [0.717, 1.165) is 0 Å². The maximum absolute atomic E-state index is 12.0. The van der Waals surface area contributed by atoms with Gasteiger partial charge in [0.05, 0.1) is 18.6 Å². The number of urea groups is 1. The molecule has 2 atom stereocenters. The molecule has 1 saturated heterocycles. The van der Waals surface area contributed by atoms with Crippen molar-refractivity contribution in [2.75, 3.05) is 26.7 Å². The Hall–Kier alpha value is -1.99. The number of carboxylic acids is 1. The summed E-state index contributed by atoms with van der Waals surface area (Å²) in [6.07, 6.45) is 0.549. The number of rotatable bonds is 5. The molecular weight excluding hydrogens is 278 g/mol. The number of nitrogens with one attached hydrogen (secondary N) is 2. The van der Waals surface area contributed by atoms with E-state index in [4.69, 9.17) is 5.11 Å². The van der Waals surface area contributed by atoms with Crippen LogP contribution in [0, 0.1) is 5.41 Å². The van der Waals surface area contributed by atoms with Crippen molar-refractivity contribution in [3.63, 3.8) is 0 Å². The number of methoxy groups -OCH3 is 1. The van der Waals surface area contributed by atoms with Gasteiger partial charge in [-0.2, -0.15) is 0 Å². The molecule has 8 nitrogen and oxygen atoms in total. The minimum Gasteiger partial charge on any atom is -0.481 e. The number of carbonyl (C=O) groups is 3. The van der Waals surface area contributed by atoms with Gasteiger partial charge in [0.2, 0.25) is 0 Å². The minimum atomic E-state index is -0.973. The van der Waals surface area contributed by atoms with Gasteiger partial charge in [0.15, 0.2) is 0 Å². The summed E-state index contributed by atoms with van der Waals surface area (Å²) in [5.41, 5.74) is -0.973. The fraction of sp³-hybridized carbons (Fsp3) is 0.769. The molecule has 3 N–H and O–H groups in total. The van der Waals surface area contributed by atoms with Crippen molar-refractivity contribution in [2.45, 2.75) is 32.7 Å². The van der Waals surface area contributed by atoms with E-state index in [2.05, 4.69) is 15.4 Å². The number of hydrogen-bond donors (Lipinski definition) is 3. The van der Waals surface area contributed by atoms with Gasteiger partial charge in [-0.1, -0.05) is 6.92 Å². The van der Waals surface area contributed by atoms with Gasteiger partial charge in [0.25, 0.3) is 0 Å². The van der Waals surface area contributed by atoms with Crippen molar-refractivity contribution < 1.29 is 24.2 Å². The van der Waals surface area contributed by atoms with E-state index in [1.807, 2.05) is 0 Å². The average molecular weight is 301 g/mol. The quantitative estimate of drug-likeness (QED) is 0.690. The van der Waals surface area contributed by atoms with E-state index in [-0.39, 0.29) is 18.6 Å². The summed E-state index contributed by atoms with van der Waals surface area (Å²) in [5.74, 6) is -0.933. The molecule has 2 unspecified atom stereocenters. The Morgan fingerprint density at radius 2 is 2.10 bits per heavy atom. The second kappa shape index (κ2) is 7.14. The van der Waals surface area contributed by atoms with Crippen LogP contribution < -0.4 is 10.6 Å². The number of carboxylic acid groups (broad SMARTS) is 1. The Labute approximate surface area is 123 Å². The lowest BCUT2D eigenvalue weighted by Crippen LogP contribution is -2.46. The second-order valence-electron chi connectivity index (χ2n) is 5.45. The van der Waals surface area contributed by atoms with Crippen LogP contribution in [0.4, 0.5) is 9.59 Å². The van der Waals surface area contributed by atoms with Crippen LogP contribution in [0.1, 0.15) is 26.7 Å². The average Bonchev–Trinajstić information content (AvgIpc) is 2.92. The van der Waals surface area contributed by atoms with Gasteiger partial charge in [-0.05, 0) is 19.8 Å². The predicted molar refractivity (Wildman–Crippen MR) is 75.0 cm³/mol. The zero-order chi connectivity index (χ0) is 16.0. The van der Waals surface area contributed by atoms with E-state index in [1.54, 1.807) is 18.7 Å². The summed E-state index contributed by atoms with van der Waals surface area (Å²) in [6.45, 7) is 4.34. The molecule has 120 valence electrons. The summed E-state index contributed by atoms with van der Waals surface area (Å²) in [5, 5.41) is 14.4. The first-order valence-electron chi connectivity index (χ1n) is 6.93. The monoisotopic (exact) mass is 301 g/mol. The highest BCUT2D eigenvalue weighted by Gasteiger charge is 2.33. The zero-order valence-corrected chi connectivity index (χ0v) is 12.6. The maximum Gasteiger partial charge on any atom is 0.407 e. The number of amides is 3. The highest BCUT2D eigenvalue weighted by atomic mass is 16.5. The molecule has 1 heterocycles. The molecule has 0 saturated carbocycles. The number of hydrogen-bond acceptors (Lipinski definition) is 4. The van der Waals surface area contributed by atoms with Gasteiger partial charge < -0.3 is 25.4 Å². The van der Waals surface area contributed by atoms with Crippen molar-refractivity contribution in [1.29, 1.82) is 0 Å². The van der Waals surface area contributed by atoms with Crippen molar-refractivity contribution in [3.8, 4) is 0 Å². The molecule has 0 spiro atoms. The van der Waals surface area contributed by atoms with Crippen molar-refractivity contribution in [1.82, 2.24) is 15.5 Å². The lowest BCUT2D eigenvalue weighted by Gasteiger charge is -2.25. The highest BCUT2D eigenvalue weighted by molar-refractivity contribution is 5.78. The zero-order valence-electron chi connectivity index (χ0n) is 12.6. The molecule has 0 radical (unpaired) electrons. The first kappa shape index (κ1) is 17.1. The van der Waals surface area contributed by atoms with E-state index in [1.165, 1.54) is 7.11 Å². The molecular formula is C13H23N3O5. The Balaban J connectivity index is 2.44. The molecule has 0 aromatic carbocycles. The molecule has 0 aromatic heterocycles. The molecule has 8 heteroatoms. The van der Waals surface area contributed by atoms with E-state index in [9.17, 15) is 14.4 Å². The Kier molecular flexibility index (Phi) is 5.80. The Morgan fingerprint density at radius 1 is 1.43 bits per heavy atom. The molecule has 0 aromatic rings. The minimum absolute atomic E-state index is 0.0727. The second-order valence-corrected chi connectivity index (χ2v) is 5.45. The van der Waals surface area contributed by atoms with Crippen molar-refractivity contribution in [2.24, 2.45) is 5.41 Å². The van der Waals surface area contributed by atoms with Crippen LogP contribution in [0.2, 0.25) is 0 Å². The number of nitrogens with zero attached hydrogens (tertiary/aromatic N) is 1. The summed E-state index contributed by atoms with van der Waals surface area (Å²) < 4.78 is 4.51. The summed E-state index contributed by atoms with van der Waals surface area (Å²) >= 11 is 0. The molecule has 1 fully saturated rings. The number of aliphatic carboxylic acids is 1. The van der Waals surface area contributed by atoms with Gasteiger partial charge in [-0.3, -0.25) is 4.79 Å². The van der Waals surface area contributed by atoms with Crippen LogP contribution in [-0.4, -0.2) is 60.9 Å². The Morgan fingerprint density at radius 3 is 2.62 bits per heavy atom.